The molecule has 0 aliphatic heterocycles. The lowest BCUT2D eigenvalue weighted by Crippen LogP contribution is -2.05. The van der Waals surface area contributed by atoms with Gasteiger partial charge in [0.2, 0.25) is 5.13 Å². The van der Waals surface area contributed by atoms with Crippen molar-refractivity contribution in [3.63, 3.8) is 0 Å². The number of carbonyl (C=O) groups is 2. The van der Waals surface area contributed by atoms with Crippen molar-refractivity contribution in [3.8, 4) is 5.13 Å². The Balaban J connectivity index is 2.37. The molecule has 0 saturated heterocycles. The third kappa shape index (κ3) is 2.17. The first kappa shape index (κ1) is 12.5. The van der Waals surface area contributed by atoms with E-state index in [9.17, 15) is 9.59 Å². The SMILES string of the molecule is COC(=O)c1ncn(-c2nc(Cl)c(C(=O)O)s2)n1. The van der Waals surface area contributed by atoms with Gasteiger partial charge < -0.3 is 9.84 Å². The lowest BCUT2D eigenvalue weighted by molar-refractivity contribution is 0.0586. The third-order valence-corrected chi connectivity index (χ3v) is 3.24. The second-order valence-corrected chi connectivity index (χ2v) is 4.26. The third-order valence-electron chi connectivity index (χ3n) is 1.82. The van der Waals surface area contributed by atoms with E-state index in [-0.39, 0.29) is 21.0 Å². The standard InChI is InChI=1S/C8H5ClN4O4S/c1-17-7(16)5-10-2-13(12-5)8-11-4(9)3(18-8)6(14)15/h2H,1H3,(H,14,15). The molecule has 8 nitrogen and oxygen atoms in total. The molecule has 0 radical (unpaired) electrons. The first-order valence-electron chi connectivity index (χ1n) is 4.43. The van der Waals surface area contributed by atoms with E-state index in [1.807, 2.05) is 0 Å². The summed E-state index contributed by atoms with van der Waals surface area (Å²) in [5, 5.41) is 12.7. The molecule has 0 saturated carbocycles. The van der Waals surface area contributed by atoms with Crippen LogP contribution in [-0.2, 0) is 4.74 Å². The summed E-state index contributed by atoms with van der Waals surface area (Å²) in [6.45, 7) is 0. The number of aromatic nitrogens is 4. The van der Waals surface area contributed by atoms with Gasteiger partial charge in [-0.3, -0.25) is 0 Å². The Morgan fingerprint density at radius 1 is 1.56 bits per heavy atom. The van der Waals surface area contributed by atoms with Crippen LogP contribution in [0.2, 0.25) is 5.15 Å². The van der Waals surface area contributed by atoms with E-state index in [4.69, 9.17) is 16.7 Å². The Kier molecular flexibility index (Phi) is 3.26. The molecule has 1 N–H and O–H groups in total. The molecule has 0 aliphatic carbocycles. The summed E-state index contributed by atoms with van der Waals surface area (Å²) in [7, 11) is 1.20. The average molecular weight is 289 g/mol. The molecule has 18 heavy (non-hydrogen) atoms. The highest BCUT2D eigenvalue weighted by Crippen LogP contribution is 2.25. The number of rotatable bonds is 3. The fraction of sp³-hybridized carbons (Fsp3) is 0.125. The summed E-state index contributed by atoms with van der Waals surface area (Å²) in [6.07, 6.45) is 1.22. The number of halogens is 1. The Morgan fingerprint density at radius 3 is 2.83 bits per heavy atom. The van der Waals surface area contributed by atoms with Crippen LogP contribution in [0.3, 0.4) is 0 Å². The molecule has 0 atom stereocenters. The number of aromatic carboxylic acids is 1. The van der Waals surface area contributed by atoms with Crippen molar-refractivity contribution in [3.05, 3.63) is 22.2 Å². The number of esters is 1. The summed E-state index contributed by atoms with van der Waals surface area (Å²) < 4.78 is 5.59. The van der Waals surface area contributed by atoms with Crippen LogP contribution in [0, 0.1) is 0 Å². The lowest BCUT2D eigenvalue weighted by Gasteiger charge is -1.92. The summed E-state index contributed by atoms with van der Waals surface area (Å²) in [5.74, 6) is -2.03. The Bertz CT molecular complexity index is 622. The molecule has 0 aliphatic rings. The zero-order chi connectivity index (χ0) is 13.3. The van der Waals surface area contributed by atoms with E-state index in [0.29, 0.717) is 0 Å². The Morgan fingerprint density at radius 2 is 2.28 bits per heavy atom. The topological polar surface area (TPSA) is 107 Å². The van der Waals surface area contributed by atoms with Gasteiger partial charge in [-0.15, -0.1) is 5.10 Å². The normalized spacial score (nSPS) is 10.3. The maximum atomic E-state index is 11.1. The quantitative estimate of drug-likeness (QED) is 0.835. The minimum absolute atomic E-state index is 0.109. The zero-order valence-corrected chi connectivity index (χ0v) is 10.4. The van der Waals surface area contributed by atoms with E-state index in [1.165, 1.54) is 13.4 Å². The first-order valence-corrected chi connectivity index (χ1v) is 5.62. The molecule has 0 aromatic carbocycles. The maximum absolute atomic E-state index is 11.1. The fourth-order valence-corrected chi connectivity index (χ4v) is 2.11. The predicted octanol–water partition coefficient (Wildman–Crippen LogP) is 0.862. The van der Waals surface area contributed by atoms with E-state index in [2.05, 4.69) is 19.8 Å². The van der Waals surface area contributed by atoms with Gasteiger partial charge in [0.05, 0.1) is 7.11 Å². The number of methoxy groups -OCH3 is 1. The second-order valence-electron chi connectivity index (χ2n) is 2.93. The number of hydrogen-bond acceptors (Lipinski definition) is 7. The van der Waals surface area contributed by atoms with Crippen LogP contribution in [0.5, 0.6) is 0 Å². The number of carbonyl (C=O) groups excluding carboxylic acids is 1. The molecule has 2 heterocycles. The number of ether oxygens (including phenoxy) is 1. The van der Waals surface area contributed by atoms with Crippen LogP contribution in [0.25, 0.3) is 5.13 Å². The molecule has 0 fully saturated rings. The highest BCUT2D eigenvalue weighted by Gasteiger charge is 2.19. The molecule has 94 valence electrons. The lowest BCUT2D eigenvalue weighted by atomic mass is 10.6. The average Bonchev–Trinajstić information content (AvgIpc) is 2.93. The van der Waals surface area contributed by atoms with Gasteiger partial charge in [0.25, 0.3) is 5.82 Å². The van der Waals surface area contributed by atoms with Gasteiger partial charge in [-0.05, 0) is 0 Å². The monoisotopic (exact) mass is 288 g/mol. The molecule has 10 heteroatoms. The summed E-state index contributed by atoms with van der Waals surface area (Å²) >= 11 is 6.47. The number of nitrogens with zero attached hydrogens (tertiary/aromatic N) is 4. The van der Waals surface area contributed by atoms with Gasteiger partial charge in [0.15, 0.2) is 10.0 Å². The number of hydrogen-bond donors (Lipinski definition) is 1. The minimum Gasteiger partial charge on any atom is -0.477 e. The molecule has 2 aromatic rings. The van der Waals surface area contributed by atoms with Crippen LogP contribution in [0.15, 0.2) is 6.33 Å². The van der Waals surface area contributed by atoms with Gasteiger partial charge in [-0.2, -0.15) is 4.68 Å². The Hall–Kier alpha value is -2.00. The van der Waals surface area contributed by atoms with Crippen molar-refractivity contribution in [2.24, 2.45) is 0 Å². The van der Waals surface area contributed by atoms with Gasteiger partial charge in [-0.25, -0.2) is 19.6 Å². The highest BCUT2D eigenvalue weighted by molar-refractivity contribution is 7.16. The second kappa shape index (κ2) is 4.70. The van der Waals surface area contributed by atoms with Crippen molar-refractivity contribution in [1.29, 1.82) is 0 Å². The summed E-state index contributed by atoms with van der Waals surface area (Å²) in [6, 6.07) is 0. The van der Waals surface area contributed by atoms with Crippen LogP contribution in [0.4, 0.5) is 0 Å². The highest BCUT2D eigenvalue weighted by atomic mass is 35.5. The van der Waals surface area contributed by atoms with Crippen molar-refractivity contribution in [1.82, 2.24) is 19.7 Å². The largest absolute Gasteiger partial charge is 0.477 e. The molecule has 0 amide bonds. The van der Waals surface area contributed by atoms with Gasteiger partial charge >= 0.3 is 11.9 Å². The van der Waals surface area contributed by atoms with Crippen LogP contribution in [0.1, 0.15) is 20.3 Å². The van der Waals surface area contributed by atoms with Crippen molar-refractivity contribution >= 4 is 34.9 Å². The van der Waals surface area contributed by atoms with Gasteiger partial charge in [0, 0.05) is 0 Å². The molecule has 2 rings (SSSR count). The van der Waals surface area contributed by atoms with Crippen molar-refractivity contribution < 1.29 is 19.4 Å². The van der Waals surface area contributed by atoms with Crippen LogP contribution < -0.4 is 0 Å². The number of carboxylic acids is 1. The molecular weight excluding hydrogens is 284 g/mol. The van der Waals surface area contributed by atoms with Crippen molar-refractivity contribution in [2.75, 3.05) is 7.11 Å². The van der Waals surface area contributed by atoms with E-state index in [0.717, 1.165) is 16.0 Å². The van der Waals surface area contributed by atoms with E-state index in [1.54, 1.807) is 0 Å². The Labute approximate surface area is 109 Å². The minimum atomic E-state index is -1.18. The molecule has 0 bridgehead atoms. The zero-order valence-electron chi connectivity index (χ0n) is 8.82. The van der Waals surface area contributed by atoms with E-state index < -0.39 is 11.9 Å². The van der Waals surface area contributed by atoms with Crippen molar-refractivity contribution in [2.45, 2.75) is 0 Å². The molecular formula is C8H5ClN4O4S. The van der Waals surface area contributed by atoms with Gasteiger partial charge in [0.1, 0.15) is 6.33 Å². The molecule has 0 spiro atoms. The van der Waals surface area contributed by atoms with Crippen LogP contribution >= 0.6 is 22.9 Å². The number of carboxylic acid groups (broad SMARTS) is 1. The number of thiazole rings is 1. The van der Waals surface area contributed by atoms with Gasteiger partial charge in [-0.1, -0.05) is 22.9 Å². The van der Waals surface area contributed by atoms with Crippen LogP contribution in [-0.4, -0.2) is 43.9 Å². The predicted molar refractivity (Wildman–Crippen MR) is 60.3 cm³/mol. The first-order chi connectivity index (χ1) is 8.52. The molecule has 2 aromatic heterocycles. The molecule has 0 unspecified atom stereocenters. The summed E-state index contributed by atoms with van der Waals surface area (Å²) in [4.78, 5) is 29.3. The van der Waals surface area contributed by atoms with E-state index >= 15 is 0 Å². The summed E-state index contributed by atoms with van der Waals surface area (Å²) in [5.41, 5.74) is 0. The maximum Gasteiger partial charge on any atom is 0.377 e. The fourth-order valence-electron chi connectivity index (χ4n) is 1.06. The smallest absolute Gasteiger partial charge is 0.377 e.